The molecular weight excluding hydrogens is 396 g/mol. The summed E-state index contributed by atoms with van der Waals surface area (Å²) in [7, 11) is 1.86. The van der Waals surface area contributed by atoms with Crippen LogP contribution < -0.4 is 5.32 Å². The fourth-order valence-electron chi connectivity index (χ4n) is 4.40. The van der Waals surface area contributed by atoms with E-state index in [4.69, 9.17) is 4.98 Å². The zero-order valence-corrected chi connectivity index (χ0v) is 18.2. The molecule has 5 rings (SSSR count). The molecule has 8 heteroatoms. The average molecular weight is 421 g/mol. The van der Waals surface area contributed by atoms with Gasteiger partial charge in [0, 0.05) is 13.1 Å². The lowest BCUT2D eigenvalue weighted by Crippen LogP contribution is -2.18. The van der Waals surface area contributed by atoms with Crippen LogP contribution >= 0.6 is 11.3 Å². The van der Waals surface area contributed by atoms with Crippen molar-refractivity contribution in [3.63, 3.8) is 0 Å². The second kappa shape index (κ2) is 7.36. The van der Waals surface area contributed by atoms with E-state index in [1.807, 2.05) is 55.2 Å². The average Bonchev–Trinajstić information content (AvgIpc) is 3.50. The molecular formula is C22H24N6OS. The van der Waals surface area contributed by atoms with Gasteiger partial charge in [0.1, 0.15) is 5.82 Å². The summed E-state index contributed by atoms with van der Waals surface area (Å²) in [4.78, 5) is 19.3. The number of hydrogen-bond acceptors (Lipinski definition) is 5. The number of thiophene rings is 1. The lowest BCUT2D eigenvalue weighted by molar-refractivity contribution is 0.102. The Hall–Kier alpha value is -3.00. The lowest BCUT2D eigenvalue weighted by atomic mass is 10.1. The first-order valence-corrected chi connectivity index (χ1v) is 11.1. The molecule has 0 saturated heterocycles. The van der Waals surface area contributed by atoms with Crippen LogP contribution in [0.25, 0.3) is 21.6 Å². The number of nitrogens with zero attached hydrogens (tertiary/aromatic N) is 5. The van der Waals surface area contributed by atoms with Crippen molar-refractivity contribution >= 4 is 34.1 Å². The summed E-state index contributed by atoms with van der Waals surface area (Å²) in [5, 5.41) is 15.1. The molecule has 4 aromatic heterocycles. The molecule has 0 aromatic carbocycles. The molecule has 154 valence electrons. The molecule has 7 nitrogen and oxygen atoms in total. The number of rotatable bonds is 4. The van der Waals surface area contributed by atoms with Gasteiger partial charge in [-0.05, 0) is 44.2 Å². The standard InChI is InChI=1S/C22H24N6OS/c1-13-11-19(28(25-13)15-7-4-5-8-15)24-22(29)16-12-17(18-9-6-10-30-18)23-21-20(16)14(2)26-27(21)3/h6,9-12,15H,4-5,7-8H2,1-3H3,(H,24,29). The van der Waals surface area contributed by atoms with E-state index in [9.17, 15) is 4.79 Å². The molecule has 1 fully saturated rings. The molecule has 0 spiro atoms. The maximum atomic E-state index is 13.5. The van der Waals surface area contributed by atoms with Crippen LogP contribution in [0.4, 0.5) is 5.82 Å². The third-order valence-electron chi connectivity index (χ3n) is 5.76. The van der Waals surface area contributed by atoms with Crippen LogP contribution in [0.5, 0.6) is 0 Å². The van der Waals surface area contributed by atoms with E-state index in [2.05, 4.69) is 15.5 Å². The number of aromatic nitrogens is 5. The van der Waals surface area contributed by atoms with Crippen molar-refractivity contribution in [1.82, 2.24) is 24.5 Å². The minimum atomic E-state index is -0.157. The molecule has 4 aromatic rings. The molecule has 1 aliphatic rings. The number of aryl methyl sites for hydroxylation is 3. The van der Waals surface area contributed by atoms with Crippen molar-refractivity contribution in [3.05, 3.63) is 46.6 Å². The highest BCUT2D eigenvalue weighted by molar-refractivity contribution is 7.13. The molecule has 0 bridgehead atoms. The van der Waals surface area contributed by atoms with E-state index in [1.165, 1.54) is 12.8 Å². The fraction of sp³-hybridized carbons (Fsp3) is 0.364. The third-order valence-corrected chi connectivity index (χ3v) is 6.65. The highest BCUT2D eigenvalue weighted by Gasteiger charge is 2.24. The number of hydrogen-bond donors (Lipinski definition) is 1. The second-order valence-electron chi connectivity index (χ2n) is 7.95. The van der Waals surface area contributed by atoms with Gasteiger partial charge in [-0.1, -0.05) is 18.9 Å². The molecule has 1 aliphatic carbocycles. The zero-order chi connectivity index (χ0) is 20.8. The Morgan fingerprint density at radius 3 is 2.73 bits per heavy atom. The summed E-state index contributed by atoms with van der Waals surface area (Å²) in [6.07, 6.45) is 4.63. The first-order chi connectivity index (χ1) is 14.5. The number of carbonyl (C=O) groups excluding carboxylic acids is 1. The van der Waals surface area contributed by atoms with Gasteiger partial charge in [-0.25, -0.2) is 9.67 Å². The highest BCUT2D eigenvalue weighted by Crippen LogP contribution is 2.33. The fourth-order valence-corrected chi connectivity index (χ4v) is 5.08. The van der Waals surface area contributed by atoms with Gasteiger partial charge in [0.05, 0.1) is 39.0 Å². The Balaban J connectivity index is 1.58. The van der Waals surface area contributed by atoms with E-state index in [0.717, 1.165) is 46.0 Å². The van der Waals surface area contributed by atoms with Gasteiger partial charge in [0.2, 0.25) is 0 Å². The van der Waals surface area contributed by atoms with Crippen LogP contribution in [0.3, 0.4) is 0 Å². The molecule has 4 heterocycles. The minimum Gasteiger partial charge on any atom is -0.307 e. The van der Waals surface area contributed by atoms with E-state index >= 15 is 0 Å². The molecule has 1 saturated carbocycles. The van der Waals surface area contributed by atoms with Crippen LogP contribution in [0.1, 0.15) is 53.5 Å². The largest absolute Gasteiger partial charge is 0.307 e. The van der Waals surface area contributed by atoms with Gasteiger partial charge >= 0.3 is 0 Å². The van der Waals surface area contributed by atoms with E-state index < -0.39 is 0 Å². The Kier molecular flexibility index (Phi) is 4.66. The molecule has 30 heavy (non-hydrogen) atoms. The van der Waals surface area contributed by atoms with Gasteiger partial charge in [-0.3, -0.25) is 9.48 Å². The van der Waals surface area contributed by atoms with Crippen LogP contribution in [-0.2, 0) is 7.05 Å². The van der Waals surface area contributed by atoms with Crippen LogP contribution in [0.15, 0.2) is 29.6 Å². The van der Waals surface area contributed by atoms with Crippen molar-refractivity contribution in [3.8, 4) is 10.6 Å². The van der Waals surface area contributed by atoms with Crippen LogP contribution in [0, 0.1) is 13.8 Å². The molecule has 0 aliphatic heterocycles. The van der Waals surface area contributed by atoms with Gasteiger partial charge in [-0.2, -0.15) is 10.2 Å². The van der Waals surface area contributed by atoms with Gasteiger partial charge < -0.3 is 5.32 Å². The summed E-state index contributed by atoms with van der Waals surface area (Å²) >= 11 is 1.61. The number of amides is 1. The Morgan fingerprint density at radius 1 is 1.20 bits per heavy atom. The highest BCUT2D eigenvalue weighted by atomic mass is 32.1. The number of fused-ring (bicyclic) bond motifs is 1. The first kappa shape index (κ1) is 19.0. The SMILES string of the molecule is Cc1cc(NC(=O)c2cc(-c3cccs3)nc3c2c(C)nn3C)n(C2CCCC2)n1. The molecule has 1 amide bonds. The summed E-state index contributed by atoms with van der Waals surface area (Å²) < 4.78 is 3.74. The van der Waals surface area contributed by atoms with Gasteiger partial charge in [0.25, 0.3) is 5.91 Å². The van der Waals surface area contributed by atoms with Gasteiger partial charge in [0.15, 0.2) is 5.65 Å². The van der Waals surface area contributed by atoms with Crippen molar-refractivity contribution < 1.29 is 4.79 Å². The Bertz CT molecular complexity index is 1230. The first-order valence-electron chi connectivity index (χ1n) is 10.3. The summed E-state index contributed by atoms with van der Waals surface area (Å²) in [6.45, 7) is 3.88. The van der Waals surface area contributed by atoms with Crippen molar-refractivity contribution in [2.45, 2.75) is 45.6 Å². The topological polar surface area (TPSA) is 77.6 Å². The maximum Gasteiger partial charge on any atom is 0.257 e. The number of anilines is 1. The van der Waals surface area contributed by atoms with Crippen molar-refractivity contribution in [2.24, 2.45) is 7.05 Å². The third kappa shape index (κ3) is 3.21. The minimum absolute atomic E-state index is 0.157. The maximum absolute atomic E-state index is 13.5. The Morgan fingerprint density at radius 2 is 2.00 bits per heavy atom. The predicted octanol–water partition coefficient (Wildman–Crippen LogP) is 4.88. The van der Waals surface area contributed by atoms with E-state index in [-0.39, 0.29) is 5.91 Å². The summed E-state index contributed by atoms with van der Waals surface area (Å²) in [5.74, 6) is 0.601. The monoisotopic (exact) mass is 420 g/mol. The molecule has 0 atom stereocenters. The number of carbonyl (C=O) groups is 1. The zero-order valence-electron chi connectivity index (χ0n) is 17.3. The van der Waals surface area contributed by atoms with E-state index in [0.29, 0.717) is 17.3 Å². The number of nitrogens with one attached hydrogen (secondary N) is 1. The van der Waals surface area contributed by atoms with Crippen LogP contribution in [-0.4, -0.2) is 30.5 Å². The normalized spacial score (nSPS) is 14.6. The summed E-state index contributed by atoms with van der Waals surface area (Å²) in [6, 6.07) is 8.19. The summed E-state index contributed by atoms with van der Waals surface area (Å²) in [5.41, 5.74) is 3.79. The lowest BCUT2D eigenvalue weighted by Gasteiger charge is -2.15. The smallest absolute Gasteiger partial charge is 0.257 e. The quantitative estimate of drug-likeness (QED) is 0.510. The Labute approximate surface area is 178 Å². The molecule has 0 radical (unpaired) electrons. The van der Waals surface area contributed by atoms with E-state index in [1.54, 1.807) is 16.0 Å². The van der Waals surface area contributed by atoms with Crippen molar-refractivity contribution in [1.29, 1.82) is 0 Å². The molecule has 1 N–H and O–H groups in total. The number of pyridine rings is 1. The predicted molar refractivity (Wildman–Crippen MR) is 119 cm³/mol. The molecule has 0 unspecified atom stereocenters. The van der Waals surface area contributed by atoms with Crippen LogP contribution in [0.2, 0.25) is 0 Å². The second-order valence-corrected chi connectivity index (χ2v) is 8.90. The van der Waals surface area contributed by atoms with Gasteiger partial charge in [-0.15, -0.1) is 11.3 Å². The van der Waals surface area contributed by atoms with Crippen molar-refractivity contribution in [2.75, 3.05) is 5.32 Å².